The van der Waals surface area contributed by atoms with Crippen LogP contribution in [0.1, 0.15) is 22.3 Å². The minimum atomic E-state index is -0.298. The van der Waals surface area contributed by atoms with E-state index in [4.69, 9.17) is 16.9 Å². The van der Waals surface area contributed by atoms with Crippen LogP contribution in [0.4, 0.5) is 0 Å². The number of carbonyl (C=O) groups is 1. The first-order valence-electron chi connectivity index (χ1n) is 4.78. The maximum Gasteiger partial charge on any atom is 0.309 e. The van der Waals surface area contributed by atoms with E-state index in [2.05, 4.69) is 10.8 Å². The second-order valence-electron chi connectivity index (χ2n) is 3.37. The number of carbonyl (C=O) groups excluding carboxylic acids is 1. The molecule has 0 aliphatic rings. The highest BCUT2D eigenvalue weighted by atomic mass is 35.5. The largest absolute Gasteiger partial charge is 0.469 e. The summed E-state index contributed by atoms with van der Waals surface area (Å²) < 4.78 is 4.60. The third-order valence-electron chi connectivity index (χ3n) is 2.53. The number of methoxy groups -OCH3 is 1. The van der Waals surface area contributed by atoms with Crippen molar-refractivity contribution in [1.29, 1.82) is 5.26 Å². The van der Waals surface area contributed by atoms with E-state index < -0.39 is 0 Å². The number of nitriles is 1. The van der Waals surface area contributed by atoms with Crippen LogP contribution >= 0.6 is 11.6 Å². The van der Waals surface area contributed by atoms with Gasteiger partial charge in [-0.3, -0.25) is 4.79 Å². The molecule has 0 saturated heterocycles. The Morgan fingerprint density at radius 1 is 1.56 bits per heavy atom. The molecule has 0 spiro atoms. The molecule has 0 fully saturated rings. The Morgan fingerprint density at radius 2 is 2.25 bits per heavy atom. The van der Waals surface area contributed by atoms with Crippen LogP contribution in [0.2, 0.25) is 0 Å². The average Bonchev–Trinajstić information content (AvgIpc) is 2.31. The highest BCUT2D eigenvalue weighted by Gasteiger charge is 2.11. The van der Waals surface area contributed by atoms with Crippen LogP contribution in [0, 0.1) is 18.3 Å². The Hall–Kier alpha value is -1.53. The second-order valence-corrected chi connectivity index (χ2v) is 3.64. The molecule has 1 rings (SSSR count). The summed E-state index contributed by atoms with van der Waals surface area (Å²) in [4.78, 5) is 11.2. The van der Waals surface area contributed by atoms with Gasteiger partial charge in [0, 0.05) is 5.88 Å². The molecular weight excluding hydrogens is 226 g/mol. The Bertz CT molecular complexity index is 449. The van der Waals surface area contributed by atoms with Crippen molar-refractivity contribution in [2.45, 2.75) is 19.2 Å². The third-order valence-corrected chi connectivity index (χ3v) is 2.79. The highest BCUT2D eigenvalue weighted by Crippen LogP contribution is 2.20. The molecule has 0 heterocycles. The van der Waals surface area contributed by atoms with Gasteiger partial charge in [-0.25, -0.2) is 0 Å². The number of hydrogen-bond donors (Lipinski definition) is 0. The number of nitrogens with zero attached hydrogens (tertiary/aromatic N) is 1. The minimum absolute atomic E-state index is 0.206. The van der Waals surface area contributed by atoms with Gasteiger partial charge in [0.05, 0.1) is 25.2 Å². The first kappa shape index (κ1) is 12.5. The highest BCUT2D eigenvalue weighted by molar-refractivity contribution is 6.17. The first-order chi connectivity index (χ1) is 7.63. The van der Waals surface area contributed by atoms with E-state index in [0.717, 1.165) is 16.7 Å². The van der Waals surface area contributed by atoms with E-state index in [0.29, 0.717) is 5.56 Å². The molecule has 1 aromatic rings. The summed E-state index contributed by atoms with van der Waals surface area (Å²) in [5.41, 5.74) is 3.08. The van der Waals surface area contributed by atoms with Gasteiger partial charge in [0.25, 0.3) is 0 Å². The zero-order valence-electron chi connectivity index (χ0n) is 9.21. The predicted molar refractivity (Wildman–Crippen MR) is 61.2 cm³/mol. The number of rotatable bonds is 3. The van der Waals surface area contributed by atoms with Gasteiger partial charge >= 0.3 is 5.97 Å². The van der Waals surface area contributed by atoms with Gasteiger partial charge in [0.15, 0.2) is 0 Å². The topological polar surface area (TPSA) is 50.1 Å². The molecule has 16 heavy (non-hydrogen) atoms. The predicted octanol–water partition coefficient (Wildman–Crippen LogP) is 2.32. The zero-order valence-corrected chi connectivity index (χ0v) is 9.97. The van der Waals surface area contributed by atoms with E-state index in [1.54, 1.807) is 12.1 Å². The van der Waals surface area contributed by atoms with E-state index in [9.17, 15) is 4.79 Å². The normalized spacial score (nSPS) is 9.62. The van der Waals surface area contributed by atoms with Gasteiger partial charge in [-0.15, -0.1) is 11.6 Å². The lowest BCUT2D eigenvalue weighted by Crippen LogP contribution is -2.07. The van der Waals surface area contributed by atoms with E-state index in [-0.39, 0.29) is 18.3 Å². The molecule has 0 bridgehead atoms. The molecule has 0 aliphatic heterocycles. The van der Waals surface area contributed by atoms with Crippen molar-refractivity contribution in [3.63, 3.8) is 0 Å². The number of ether oxygens (including phenoxy) is 1. The number of hydrogen-bond acceptors (Lipinski definition) is 3. The van der Waals surface area contributed by atoms with Crippen molar-refractivity contribution >= 4 is 17.6 Å². The summed E-state index contributed by atoms with van der Waals surface area (Å²) >= 11 is 5.79. The van der Waals surface area contributed by atoms with Gasteiger partial charge in [-0.2, -0.15) is 5.26 Å². The first-order valence-corrected chi connectivity index (χ1v) is 5.31. The number of halogens is 1. The summed E-state index contributed by atoms with van der Waals surface area (Å²) in [5.74, 6) is -0.0302. The van der Waals surface area contributed by atoms with Crippen molar-refractivity contribution in [3.05, 3.63) is 34.4 Å². The summed E-state index contributed by atoms with van der Waals surface area (Å²) in [6.07, 6.45) is 0.206. The molecule has 0 unspecified atom stereocenters. The fraction of sp³-hybridized carbons (Fsp3) is 0.333. The molecule has 0 radical (unpaired) electrons. The van der Waals surface area contributed by atoms with Crippen LogP contribution in [0.15, 0.2) is 12.1 Å². The van der Waals surface area contributed by atoms with Gasteiger partial charge in [-0.05, 0) is 29.7 Å². The summed E-state index contributed by atoms with van der Waals surface area (Å²) in [7, 11) is 1.35. The molecule has 84 valence electrons. The molecule has 0 aromatic heterocycles. The lowest BCUT2D eigenvalue weighted by molar-refractivity contribution is -0.139. The van der Waals surface area contributed by atoms with E-state index >= 15 is 0 Å². The molecule has 0 N–H and O–H groups in total. The summed E-state index contributed by atoms with van der Waals surface area (Å²) in [6.45, 7) is 1.86. The Morgan fingerprint density at radius 3 is 2.75 bits per heavy atom. The van der Waals surface area contributed by atoms with E-state index in [1.165, 1.54) is 7.11 Å². The molecule has 0 saturated carbocycles. The number of alkyl halides is 1. The molecule has 1 aromatic carbocycles. The molecular formula is C12H12ClNO2. The fourth-order valence-corrected chi connectivity index (χ4v) is 1.85. The summed E-state index contributed by atoms with van der Waals surface area (Å²) in [5, 5.41) is 8.89. The minimum Gasteiger partial charge on any atom is -0.469 e. The maximum absolute atomic E-state index is 11.2. The molecule has 3 nitrogen and oxygen atoms in total. The monoisotopic (exact) mass is 237 g/mol. The quantitative estimate of drug-likeness (QED) is 0.599. The van der Waals surface area contributed by atoms with Crippen molar-refractivity contribution in [2.75, 3.05) is 7.11 Å². The van der Waals surface area contributed by atoms with Gasteiger partial charge in [0.1, 0.15) is 0 Å². The lowest BCUT2D eigenvalue weighted by atomic mass is 9.97. The lowest BCUT2D eigenvalue weighted by Gasteiger charge is -2.10. The van der Waals surface area contributed by atoms with Gasteiger partial charge in [0.2, 0.25) is 0 Å². The Labute approximate surface area is 99.6 Å². The van der Waals surface area contributed by atoms with Crippen LogP contribution < -0.4 is 0 Å². The van der Waals surface area contributed by atoms with Crippen molar-refractivity contribution < 1.29 is 9.53 Å². The van der Waals surface area contributed by atoms with Crippen molar-refractivity contribution in [2.24, 2.45) is 0 Å². The number of esters is 1. The standard InChI is InChI=1S/C12H12ClNO2/c1-8-9(5-12(15)16-2)3-4-10(7-14)11(8)6-13/h3-4H,5-6H2,1-2H3. The Balaban J connectivity index is 3.15. The molecule has 0 amide bonds. The van der Waals surface area contributed by atoms with Crippen LogP contribution in [-0.4, -0.2) is 13.1 Å². The average molecular weight is 238 g/mol. The summed E-state index contributed by atoms with van der Waals surface area (Å²) in [6, 6.07) is 5.53. The molecule has 0 atom stereocenters. The maximum atomic E-state index is 11.2. The fourth-order valence-electron chi connectivity index (χ4n) is 1.50. The Kier molecular flexibility index (Phi) is 4.33. The smallest absolute Gasteiger partial charge is 0.309 e. The SMILES string of the molecule is COC(=O)Cc1ccc(C#N)c(CCl)c1C. The van der Waals surface area contributed by atoms with Gasteiger partial charge < -0.3 is 4.74 Å². The van der Waals surface area contributed by atoms with Gasteiger partial charge in [-0.1, -0.05) is 6.07 Å². The molecule has 0 aliphatic carbocycles. The molecule has 4 heteroatoms. The van der Waals surface area contributed by atoms with Crippen LogP contribution in [-0.2, 0) is 21.8 Å². The van der Waals surface area contributed by atoms with Crippen molar-refractivity contribution in [1.82, 2.24) is 0 Å². The van der Waals surface area contributed by atoms with Crippen LogP contribution in [0.25, 0.3) is 0 Å². The number of benzene rings is 1. The van der Waals surface area contributed by atoms with Crippen LogP contribution in [0.3, 0.4) is 0 Å². The van der Waals surface area contributed by atoms with E-state index in [1.807, 2.05) is 6.92 Å². The second kappa shape index (κ2) is 5.53. The van der Waals surface area contributed by atoms with Crippen molar-refractivity contribution in [3.8, 4) is 6.07 Å². The van der Waals surface area contributed by atoms with Crippen LogP contribution in [0.5, 0.6) is 0 Å². The zero-order chi connectivity index (χ0) is 12.1. The third kappa shape index (κ3) is 2.53.